The van der Waals surface area contributed by atoms with E-state index >= 15 is 0 Å². The molecule has 5 nitrogen and oxygen atoms in total. The maximum Gasteiger partial charge on any atom is 0.360 e. The van der Waals surface area contributed by atoms with Gasteiger partial charge in [0.25, 0.3) is 0 Å². The zero-order chi connectivity index (χ0) is 10.4. The van der Waals surface area contributed by atoms with Crippen LogP contribution in [0.5, 0.6) is 0 Å². The van der Waals surface area contributed by atoms with Gasteiger partial charge in [0.2, 0.25) is 0 Å². The van der Waals surface area contributed by atoms with Crippen LogP contribution in [0.2, 0.25) is 0 Å². The molecule has 0 aromatic carbocycles. The van der Waals surface area contributed by atoms with E-state index in [-0.39, 0.29) is 5.69 Å². The Hall–Kier alpha value is -1.65. The van der Waals surface area contributed by atoms with Crippen LogP contribution in [0.4, 0.5) is 0 Å². The monoisotopic (exact) mass is 197 g/mol. The van der Waals surface area contributed by atoms with Crippen LogP contribution in [0.15, 0.2) is 10.8 Å². The van der Waals surface area contributed by atoms with Gasteiger partial charge in [-0.3, -0.25) is 0 Å². The zero-order valence-electron chi connectivity index (χ0n) is 7.86. The maximum atomic E-state index is 11.3. The lowest BCUT2D eigenvalue weighted by molar-refractivity contribution is -0.107. The average Bonchev–Trinajstić information content (AvgIpc) is 2.63. The topological polar surface area (TPSA) is 69.4 Å². The fourth-order valence-corrected chi connectivity index (χ4v) is 1.02. The Morgan fingerprint density at radius 2 is 2.50 bits per heavy atom. The lowest BCUT2D eigenvalue weighted by atomic mass is 10.1. The minimum atomic E-state index is -0.512. The fraction of sp³-hybridized carbons (Fsp3) is 0.444. The number of hydrogen-bond acceptors (Lipinski definition) is 5. The quantitative estimate of drug-likeness (QED) is 0.520. The highest BCUT2D eigenvalue weighted by molar-refractivity contribution is 5.88. The van der Waals surface area contributed by atoms with E-state index in [0.29, 0.717) is 25.0 Å². The molecule has 76 valence electrons. The van der Waals surface area contributed by atoms with Gasteiger partial charge in [0.15, 0.2) is 5.69 Å². The summed E-state index contributed by atoms with van der Waals surface area (Å²) >= 11 is 0. The number of aldehydes is 1. The van der Waals surface area contributed by atoms with E-state index in [9.17, 15) is 9.59 Å². The summed E-state index contributed by atoms with van der Waals surface area (Å²) in [7, 11) is 0. The zero-order valence-corrected chi connectivity index (χ0v) is 7.86. The highest BCUT2D eigenvalue weighted by atomic mass is 16.5. The molecule has 0 saturated heterocycles. The molecular weight excluding hydrogens is 186 g/mol. The van der Waals surface area contributed by atoms with Crippen molar-refractivity contribution >= 4 is 12.3 Å². The van der Waals surface area contributed by atoms with Crippen molar-refractivity contribution in [3.63, 3.8) is 0 Å². The summed E-state index contributed by atoms with van der Waals surface area (Å²) < 4.78 is 9.40. The number of hydrogen-bond donors (Lipinski definition) is 0. The lowest BCUT2D eigenvalue weighted by Gasteiger charge is -1.98. The van der Waals surface area contributed by atoms with E-state index < -0.39 is 5.97 Å². The molecular formula is C9H11NO4. The Bertz CT molecular complexity index is 318. The van der Waals surface area contributed by atoms with Crippen molar-refractivity contribution in [2.75, 3.05) is 6.61 Å². The minimum absolute atomic E-state index is 0.161. The minimum Gasteiger partial charge on any atom is -0.461 e. The van der Waals surface area contributed by atoms with Crippen molar-refractivity contribution in [1.82, 2.24) is 5.16 Å². The molecule has 0 N–H and O–H groups in total. The third-order valence-corrected chi connectivity index (χ3v) is 1.64. The number of aryl methyl sites for hydroxylation is 1. The van der Waals surface area contributed by atoms with Gasteiger partial charge < -0.3 is 14.1 Å². The smallest absolute Gasteiger partial charge is 0.360 e. The number of aromatic nitrogens is 1. The van der Waals surface area contributed by atoms with Gasteiger partial charge in [-0.1, -0.05) is 5.16 Å². The first-order valence-electron chi connectivity index (χ1n) is 4.33. The molecule has 0 fully saturated rings. The third-order valence-electron chi connectivity index (χ3n) is 1.64. The molecule has 1 aromatic rings. The molecule has 0 unspecified atom stereocenters. The molecule has 5 heteroatoms. The second-order valence-electron chi connectivity index (χ2n) is 2.61. The Kier molecular flexibility index (Phi) is 3.84. The summed E-state index contributed by atoms with van der Waals surface area (Å²) in [6.07, 6.45) is 2.92. The van der Waals surface area contributed by atoms with Crippen molar-refractivity contribution in [3.8, 4) is 0 Å². The molecule has 0 aliphatic carbocycles. The van der Waals surface area contributed by atoms with E-state index in [4.69, 9.17) is 4.74 Å². The molecule has 1 aromatic heterocycles. The number of rotatable bonds is 5. The predicted octanol–water partition coefficient (Wildman–Crippen LogP) is 0.983. The number of nitrogens with zero attached hydrogens (tertiary/aromatic N) is 1. The van der Waals surface area contributed by atoms with E-state index in [1.54, 1.807) is 6.92 Å². The standard InChI is InChI=1S/C9H11NO4/c1-2-13-9(12)8-7(4-3-5-11)6-14-10-8/h5-6H,2-4H2,1H3. The molecule has 0 aliphatic rings. The third kappa shape index (κ3) is 2.42. The summed E-state index contributed by atoms with van der Waals surface area (Å²) in [5, 5.41) is 3.52. The van der Waals surface area contributed by atoms with Crippen molar-refractivity contribution in [3.05, 3.63) is 17.5 Å². The Morgan fingerprint density at radius 1 is 1.71 bits per heavy atom. The molecule has 0 atom stereocenters. The van der Waals surface area contributed by atoms with Gasteiger partial charge in [0, 0.05) is 12.0 Å². The highest BCUT2D eigenvalue weighted by Gasteiger charge is 2.16. The summed E-state index contributed by atoms with van der Waals surface area (Å²) in [4.78, 5) is 21.4. The summed E-state index contributed by atoms with van der Waals surface area (Å²) in [5.74, 6) is -0.512. The van der Waals surface area contributed by atoms with Crippen LogP contribution < -0.4 is 0 Å². The van der Waals surface area contributed by atoms with Crippen LogP contribution in [-0.2, 0) is 16.0 Å². The first-order chi connectivity index (χ1) is 6.79. The van der Waals surface area contributed by atoms with Crippen LogP contribution in [0.3, 0.4) is 0 Å². The first-order valence-corrected chi connectivity index (χ1v) is 4.33. The first kappa shape index (κ1) is 10.4. The van der Waals surface area contributed by atoms with Gasteiger partial charge in [-0.15, -0.1) is 0 Å². The maximum absolute atomic E-state index is 11.3. The molecule has 0 amide bonds. The molecule has 0 spiro atoms. The van der Waals surface area contributed by atoms with Crippen molar-refractivity contribution in [2.45, 2.75) is 19.8 Å². The largest absolute Gasteiger partial charge is 0.461 e. The second-order valence-corrected chi connectivity index (χ2v) is 2.61. The van der Waals surface area contributed by atoms with Crippen molar-refractivity contribution < 1.29 is 18.8 Å². The summed E-state index contributed by atoms with van der Waals surface area (Å²) in [6.45, 7) is 2.00. The summed E-state index contributed by atoms with van der Waals surface area (Å²) in [6, 6.07) is 0. The van der Waals surface area contributed by atoms with E-state index in [2.05, 4.69) is 9.68 Å². The number of carbonyl (C=O) groups is 2. The van der Waals surface area contributed by atoms with Gasteiger partial charge in [-0.05, 0) is 13.3 Å². The van der Waals surface area contributed by atoms with Gasteiger partial charge in [0.1, 0.15) is 12.5 Å². The SMILES string of the molecule is CCOC(=O)c1nocc1CCC=O. The average molecular weight is 197 g/mol. The van der Waals surface area contributed by atoms with Crippen LogP contribution in [0.25, 0.3) is 0 Å². The second kappa shape index (κ2) is 5.16. The lowest BCUT2D eigenvalue weighted by Crippen LogP contribution is -2.07. The number of carbonyl (C=O) groups excluding carboxylic acids is 2. The fourth-order valence-electron chi connectivity index (χ4n) is 1.02. The molecule has 0 bridgehead atoms. The molecule has 1 heterocycles. The predicted molar refractivity (Wildman–Crippen MR) is 46.8 cm³/mol. The van der Waals surface area contributed by atoms with Gasteiger partial charge in [0.05, 0.1) is 6.61 Å². The van der Waals surface area contributed by atoms with Crippen molar-refractivity contribution in [1.29, 1.82) is 0 Å². The van der Waals surface area contributed by atoms with Crippen molar-refractivity contribution in [2.24, 2.45) is 0 Å². The molecule has 0 radical (unpaired) electrons. The molecule has 1 rings (SSSR count). The van der Waals surface area contributed by atoms with E-state index in [1.165, 1.54) is 6.26 Å². The molecule has 0 aliphatic heterocycles. The van der Waals surface area contributed by atoms with Crippen LogP contribution >= 0.6 is 0 Å². The van der Waals surface area contributed by atoms with E-state index in [1.807, 2.05) is 0 Å². The van der Waals surface area contributed by atoms with Gasteiger partial charge in [-0.25, -0.2) is 4.79 Å². The van der Waals surface area contributed by atoms with Gasteiger partial charge >= 0.3 is 5.97 Å². The van der Waals surface area contributed by atoms with Gasteiger partial charge in [-0.2, -0.15) is 0 Å². The Balaban J connectivity index is 2.70. The van der Waals surface area contributed by atoms with Crippen LogP contribution in [0, 0.1) is 0 Å². The molecule has 14 heavy (non-hydrogen) atoms. The summed E-state index contributed by atoms with van der Waals surface area (Å²) in [5.41, 5.74) is 0.768. The van der Waals surface area contributed by atoms with Crippen LogP contribution in [0.1, 0.15) is 29.4 Å². The molecule has 0 saturated carbocycles. The number of esters is 1. The number of ether oxygens (including phenoxy) is 1. The Morgan fingerprint density at radius 3 is 3.14 bits per heavy atom. The van der Waals surface area contributed by atoms with Crippen LogP contribution in [-0.4, -0.2) is 24.0 Å². The Labute approximate surface area is 81.0 Å². The highest BCUT2D eigenvalue weighted by Crippen LogP contribution is 2.10. The normalized spacial score (nSPS) is 9.79. The van der Waals surface area contributed by atoms with E-state index in [0.717, 1.165) is 6.29 Å².